The first kappa shape index (κ1) is 39.0. The SMILES string of the molecule is CC(C)CCN(c1ccccc1)c1ccc(/C=C/c2cc(C#N)c(/C=C/c3ccc(N4CCOCCOCCOCCOCC4)cc3)cc2C#N)cc1. The lowest BCUT2D eigenvalue weighted by molar-refractivity contribution is 0.00206. The number of hydrogen-bond acceptors (Lipinski definition) is 8. The lowest BCUT2D eigenvalue weighted by Crippen LogP contribution is -2.31. The highest BCUT2D eigenvalue weighted by atomic mass is 16.6. The van der Waals surface area contributed by atoms with E-state index in [0.717, 1.165) is 48.6 Å². The summed E-state index contributed by atoms with van der Waals surface area (Å²) in [4.78, 5) is 4.60. The van der Waals surface area contributed by atoms with Gasteiger partial charge in [0.1, 0.15) is 0 Å². The molecule has 1 aliphatic heterocycles. The number of ether oxygens (including phenoxy) is 4. The minimum Gasteiger partial charge on any atom is -0.377 e. The molecule has 5 rings (SSSR count). The predicted molar refractivity (Wildman–Crippen MR) is 215 cm³/mol. The average Bonchev–Trinajstić information content (AvgIpc) is 3.20. The first-order chi connectivity index (χ1) is 26.0. The summed E-state index contributed by atoms with van der Waals surface area (Å²) in [7, 11) is 0. The Balaban J connectivity index is 1.25. The number of para-hydroxylation sites is 1. The Morgan fingerprint density at radius 3 is 1.53 bits per heavy atom. The molecule has 0 spiro atoms. The number of nitriles is 2. The lowest BCUT2D eigenvalue weighted by atomic mass is 9.97. The highest BCUT2D eigenvalue weighted by Crippen LogP contribution is 2.28. The van der Waals surface area contributed by atoms with E-state index in [-0.39, 0.29) is 0 Å². The van der Waals surface area contributed by atoms with Gasteiger partial charge in [0.25, 0.3) is 0 Å². The second-order valence-corrected chi connectivity index (χ2v) is 13.2. The van der Waals surface area contributed by atoms with Crippen LogP contribution in [0, 0.1) is 28.6 Å². The standard InChI is InChI=1S/C45H50N4O4/c1-36(2)20-21-49(44-6-4-3-5-7-44)45-18-12-38(13-19-45)9-15-40-33-41(34-46)39(32-42(40)35-47)14-8-37-10-16-43(17-11-37)48-22-24-50-26-28-52-30-31-53-29-27-51-25-23-48/h3-19,32-33,36H,20-31H2,1-2H3/b14-8+,15-9+. The molecule has 53 heavy (non-hydrogen) atoms. The maximum Gasteiger partial charge on any atom is 0.0998 e. The van der Waals surface area contributed by atoms with Crippen LogP contribution in [-0.2, 0) is 18.9 Å². The van der Waals surface area contributed by atoms with Crippen molar-refractivity contribution < 1.29 is 18.9 Å². The average molecular weight is 711 g/mol. The second-order valence-electron chi connectivity index (χ2n) is 13.2. The van der Waals surface area contributed by atoms with Crippen molar-refractivity contribution in [1.82, 2.24) is 0 Å². The Labute approximate surface area is 315 Å². The van der Waals surface area contributed by atoms with E-state index in [9.17, 15) is 10.5 Å². The zero-order valence-corrected chi connectivity index (χ0v) is 31.0. The van der Waals surface area contributed by atoms with E-state index in [2.05, 4.69) is 96.4 Å². The van der Waals surface area contributed by atoms with Crippen molar-refractivity contribution in [2.24, 2.45) is 5.92 Å². The molecular formula is C45H50N4O4. The Morgan fingerprint density at radius 2 is 1.06 bits per heavy atom. The number of benzene rings is 4. The molecule has 0 saturated carbocycles. The van der Waals surface area contributed by atoms with E-state index in [0.29, 0.717) is 81.0 Å². The summed E-state index contributed by atoms with van der Waals surface area (Å²) < 4.78 is 22.6. The van der Waals surface area contributed by atoms with Crippen LogP contribution in [-0.4, -0.2) is 72.5 Å². The van der Waals surface area contributed by atoms with Gasteiger partial charge in [-0.05, 0) is 83.1 Å². The fourth-order valence-corrected chi connectivity index (χ4v) is 5.92. The van der Waals surface area contributed by atoms with Crippen LogP contribution in [0.1, 0.15) is 53.6 Å². The molecule has 1 aliphatic rings. The first-order valence-corrected chi connectivity index (χ1v) is 18.5. The largest absolute Gasteiger partial charge is 0.377 e. The second kappa shape index (κ2) is 21.3. The van der Waals surface area contributed by atoms with Crippen LogP contribution in [0.4, 0.5) is 17.1 Å². The first-order valence-electron chi connectivity index (χ1n) is 18.5. The van der Waals surface area contributed by atoms with Gasteiger partial charge in [0, 0.05) is 36.7 Å². The van der Waals surface area contributed by atoms with Gasteiger partial charge in [-0.25, -0.2) is 0 Å². The van der Waals surface area contributed by atoms with Crippen LogP contribution >= 0.6 is 0 Å². The van der Waals surface area contributed by atoms with Crippen molar-refractivity contribution in [3.8, 4) is 12.1 Å². The molecule has 1 heterocycles. The fraction of sp³-hybridized carbons (Fsp3) is 0.333. The van der Waals surface area contributed by atoms with Crippen molar-refractivity contribution in [3.63, 3.8) is 0 Å². The number of hydrogen-bond donors (Lipinski definition) is 0. The Kier molecular flexibility index (Phi) is 15.7. The Morgan fingerprint density at radius 1 is 0.604 bits per heavy atom. The summed E-state index contributed by atoms with van der Waals surface area (Å²) in [5.41, 5.74) is 7.80. The monoisotopic (exact) mass is 710 g/mol. The molecule has 0 unspecified atom stereocenters. The molecule has 0 aromatic heterocycles. The molecule has 274 valence electrons. The Bertz CT molecular complexity index is 1830. The van der Waals surface area contributed by atoms with Gasteiger partial charge < -0.3 is 28.7 Å². The summed E-state index contributed by atoms with van der Waals surface area (Å²) in [5.74, 6) is 0.605. The summed E-state index contributed by atoms with van der Waals surface area (Å²) in [5, 5.41) is 20.1. The molecular weight excluding hydrogens is 661 g/mol. The van der Waals surface area contributed by atoms with Crippen molar-refractivity contribution in [1.29, 1.82) is 10.5 Å². The van der Waals surface area contributed by atoms with Crippen molar-refractivity contribution >= 4 is 41.4 Å². The van der Waals surface area contributed by atoms with Crippen molar-refractivity contribution in [2.75, 3.05) is 82.3 Å². The molecule has 0 aliphatic carbocycles. The molecule has 0 N–H and O–H groups in total. The summed E-state index contributed by atoms with van der Waals surface area (Å²) in [6, 6.07) is 35.4. The van der Waals surface area contributed by atoms with E-state index >= 15 is 0 Å². The normalized spacial score (nSPS) is 15.2. The van der Waals surface area contributed by atoms with E-state index in [1.54, 1.807) is 12.1 Å². The van der Waals surface area contributed by atoms with Gasteiger partial charge in [0.05, 0.1) is 76.1 Å². The van der Waals surface area contributed by atoms with E-state index in [1.807, 2.05) is 42.5 Å². The van der Waals surface area contributed by atoms with Crippen LogP contribution in [0.25, 0.3) is 24.3 Å². The van der Waals surface area contributed by atoms with E-state index < -0.39 is 0 Å². The number of rotatable bonds is 10. The van der Waals surface area contributed by atoms with Crippen LogP contribution in [0.5, 0.6) is 0 Å². The highest BCUT2D eigenvalue weighted by Gasteiger charge is 2.11. The smallest absolute Gasteiger partial charge is 0.0998 e. The van der Waals surface area contributed by atoms with Crippen molar-refractivity contribution in [2.45, 2.75) is 20.3 Å². The van der Waals surface area contributed by atoms with Crippen LogP contribution in [0.2, 0.25) is 0 Å². The van der Waals surface area contributed by atoms with Crippen LogP contribution < -0.4 is 9.80 Å². The lowest BCUT2D eigenvalue weighted by Gasteiger charge is -2.26. The third-order valence-corrected chi connectivity index (χ3v) is 8.96. The molecule has 4 aromatic rings. The van der Waals surface area contributed by atoms with Crippen molar-refractivity contribution in [3.05, 3.63) is 124 Å². The number of anilines is 3. The van der Waals surface area contributed by atoms with Gasteiger partial charge in [0.2, 0.25) is 0 Å². The minimum atomic E-state index is 0.507. The molecule has 0 atom stereocenters. The van der Waals surface area contributed by atoms with Gasteiger partial charge in [-0.3, -0.25) is 0 Å². The number of nitrogens with zero attached hydrogens (tertiary/aromatic N) is 4. The molecule has 1 saturated heterocycles. The van der Waals surface area contributed by atoms with Gasteiger partial charge in [-0.2, -0.15) is 10.5 Å². The zero-order valence-electron chi connectivity index (χ0n) is 31.0. The zero-order chi connectivity index (χ0) is 37.1. The van der Waals surface area contributed by atoms with Gasteiger partial charge in [0.15, 0.2) is 0 Å². The Hall–Kier alpha value is -5.22. The van der Waals surface area contributed by atoms with E-state index in [1.165, 1.54) is 5.69 Å². The topological polar surface area (TPSA) is 91.0 Å². The highest BCUT2D eigenvalue weighted by molar-refractivity contribution is 5.79. The molecule has 8 nitrogen and oxygen atoms in total. The molecule has 4 aromatic carbocycles. The van der Waals surface area contributed by atoms with Crippen LogP contribution in [0.15, 0.2) is 91.0 Å². The quantitative estimate of drug-likeness (QED) is 0.151. The molecule has 0 amide bonds. The van der Waals surface area contributed by atoms with Gasteiger partial charge >= 0.3 is 0 Å². The molecule has 0 bridgehead atoms. The third kappa shape index (κ3) is 12.5. The predicted octanol–water partition coefficient (Wildman–Crippen LogP) is 8.84. The van der Waals surface area contributed by atoms with Gasteiger partial charge in [-0.15, -0.1) is 0 Å². The van der Waals surface area contributed by atoms with E-state index in [4.69, 9.17) is 18.9 Å². The van der Waals surface area contributed by atoms with Crippen LogP contribution in [0.3, 0.4) is 0 Å². The minimum absolute atomic E-state index is 0.507. The summed E-state index contributed by atoms with van der Waals surface area (Å²) in [6.45, 7) is 11.4. The molecule has 0 radical (unpaired) electrons. The fourth-order valence-electron chi connectivity index (χ4n) is 5.92. The summed E-state index contributed by atoms with van der Waals surface area (Å²) in [6.07, 6.45) is 8.85. The summed E-state index contributed by atoms with van der Waals surface area (Å²) >= 11 is 0. The maximum atomic E-state index is 10.0. The maximum absolute atomic E-state index is 10.0. The molecule has 8 heteroatoms. The molecule has 1 fully saturated rings. The third-order valence-electron chi connectivity index (χ3n) is 8.96. The van der Waals surface area contributed by atoms with Gasteiger partial charge in [-0.1, -0.05) is 80.6 Å².